The lowest BCUT2D eigenvalue weighted by Crippen LogP contribution is -2.46. The summed E-state index contributed by atoms with van der Waals surface area (Å²) < 4.78 is 11.5. The maximum Gasteiger partial charge on any atom is 0.267 e. The van der Waals surface area contributed by atoms with Gasteiger partial charge in [-0.15, -0.1) is 0 Å². The van der Waals surface area contributed by atoms with Gasteiger partial charge in [0.05, 0.1) is 0 Å². The van der Waals surface area contributed by atoms with E-state index in [1.807, 2.05) is 48.2 Å². The number of ether oxygens (including phenoxy) is 2. The van der Waals surface area contributed by atoms with Gasteiger partial charge in [0.15, 0.2) is 11.5 Å². The van der Waals surface area contributed by atoms with Gasteiger partial charge in [0, 0.05) is 13.1 Å². The number of benzene rings is 2. The van der Waals surface area contributed by atoms with Crippen LogP contribution in [0.5, 0.6) is 11.5 Å². The van der Waals surface area contributed by atoms with Gasteiger partial charge >= 0.3 is 0 Å². The van der Waals surface area contributed by atoms with Crippen LogP contribution in [0.4, 0.5) is 0 Å². The van der Waals surface area contributed by atoms with Gasteiger partial charge in [-0.25, -0.2) is 0 Å². The molecule has 0 aromatic heterocycles. The number of aryl methyl sites for hydroxylation is 1. The number of hydrogen-bond donors (Lipinski definition) is 0. The van der Waals surface area contributed by atoms with Crippen LogP contribution in [0.2, 0.25) is 0 Å². The Labute approximate surface area is 136 Å². The van der Waals surface area contributed by atoms with Gasteiger partial charge in [0.25, 0.3) is 5.91 Å². The maximum atomic E-state index is 12.8. The van der Waals surface area contributed by atoms with E-state index in [4.69, 9.17) is 9.47 Å². The van der Waals surface area contributed by atoms with Crippen LogP contribution >= 0.6 is 0 Å². The first kappa shape index (κ1) is 15.4. The molecular weight excluding hydrogens is 290 g/mol. The Kier molecular flexibility index (Phi) is 4.51. The molecule has 2 aromatic rings. The summed E-state index contributed by atoms with van der Waals surface area (Å²) in [5, 5.41) is 0. The van der Waals surface area contributed by atoms with Crippen molar-refractivity contribution in [3.63, 3.8) is 0 Å². The first-order valence-electron chi connectivity index (χ1n) is 7.91. The molecular formula is C19H21NO3. The zero-order valence-electron chi connectivity index (χ0n) is 13.5. The van der Waals surface area contributed by atoms with Crippen molar-refractivity contribution in [2.24, 2.45) is 0 Å². The Balaban J connectivity index is 1.72. The molecule has 3 rings (SSSR count). The van der Waals surface area contributed by atoms with Crippen molar-refractivity contribution in [1.29, 1.82) is 0 Å². The second-order valence-electron chi connectivity index (χ2n) is 5.64. The van der Waals surface area contributed by atoms with Crippen molar-refractivity contribution in [2.75, 3.05) is 13.2 Å². The van der Waals surface area contributed by atoms with Gasteiger partial charge in [-0.05, 0) is 37.1 Å². The molecule has 0 radical (unpaired) electrons. The number of nitrogens with zero attached hydrogens (tertiary/aromatic N) is 1. The van der Waals surface area contributed by atoms with Gasteiger partial charge in [-0.2, -0.15) is 0 Å². The van der Waals surface area contributed by atoms with E-state index in [-0.39, 0.29) is 12.5 Å². The Morgan fingerprint density at radius 2 is 1.83 bits per heavy atom. The van der Waals surface area contributed by atoms with Crippen LogP contribution in [0, 0.1) is 6.92 Å². The van der Waals surface area contributed by atoms with E-state index in [9.17, 15) is 4.79 Å². The number of para-hydroxylation sites is 2. The van der Waals surface area contributed by atoms with Crippen LogP contribution < -0.4 is 9.47 Å². The van der Waals surface area contributed by atoms with E-state index >= 15 is 0 Å². The standard InChI is InChI=1S/C19H21NO3/c1-3-20(12-15-9-5-4-8-14(15)2)19(21)18-13-22-16-10-6-7-11-17(16)23-18/h4-11,18H,3,12-13H2,1-2H3. The number of hydrogen-bond acceptors (Lipinski definition) is 3. The second kappa shape index (κ2) is 6.73. The Hall–Kier alpha value is -2.49. The smallest absolute Gasteiger partial charge is 0.267 e. The van der Waals surface area contributed by atoms with E-state index in [1.54, 1.807) is 0 Å². The quantitative estimate of drug-likeness (QED) is 0.870. The van der Waals surface area contributed by atoms with Gasteiger partial charge in [-0.3, -0.25) is 4.79 Å². The minimum absolute atomic E-state index is 0.0368. The molecule has 0 spiro atoms. The van der Waals surface area contributed by atoms with Crippen molar-refractivity contribution in [3.05, 3.63) is 59.7 Å². The molecule has 120 valence electrons. The highest BCUT2D eigenvalue weighted by molar-refractivity contribution is 5.82. The molecule has 1 heterocycles. The molecule has 0 N–H and O–H groups in total. The summed E-state index contributed by atoms with van der Waals surface area (Å²) in [4.78, 5) is 14.6. The minimum atomic E-state index is -0.589. The number of rotatable bonds is 4. The molecule has 0 fully saturated rings. The lowest BCUT2D eigenvalue weighted by molar-refractivity contribution is -0.141. The fourth-order valence-electron chi connectivity index (χ4n) is 2.68. The predicted octanol–water partition coefficient (Wildman–Crippen LogP) is 3.18. The highest BCUT2D eigenvalue weighted by Crippen LogP contribution is 2.31. The molecule has 0 bridgehead atoms. The van der Waals surface area contributed by atoms with Crippen molar-refractivity contribution < 1.29 is 14.3 Å². The maximum absolute atomic E-state index is 12.8. The summed E-state index contributed by atoms with van der Waals surface area (Å²) in [6.45, 7) is 5.51. The molecule has 2 aromatic carbocycles. The first-order valence-corrected chi connectivity index (χ1v) is 7.91. The summed E-state index contributed by atoms with van der Waals surface area (Å²) >= 11 is 0. The molecule has 4 heteroatoms. The minimum Gasteiger partial charge on any atom is -0.485 e. The number of carbonyl (C=O) groups is 1. The Morgan fingerprint density at radius 1 is 1.13 bits per heavy atom. The van der Waals surface area contributed by atoms with Crippen LogP contribution in [0.25, 0.3) is 0 Å². The summed E-state index contributed by atoms with van der Waals surface area (Å²) in [6, 6.07) is 15.6. The molecule has 1 atom stereocenters. The van der Waals surface area contributed by atoms with Crippen LogP contribution in [0.3, 0.4) is 0 Å². The molecule has 1 aliphatic heterocycles. The third-order valence-corrected chi connectivity index (χ3v) is 4.10. The normalized spacial score (nSPS) is 16.0. The fraction of sp³-hybridized carbons (Fsp3) is 0.316. The highest BCUT2D eigenvalue weighted by Gasteiger charge is 2.30. The van der Waals surface area contributed by atoms with Crippen LogP contribution in [-0.2, 0) is 11.3 Å². The molecule has 1 amide bonds. The lowest BCUT2D eigenvalue weighted by Gasteiger charge is -2.30. The highest BCUT2D eigenvalue weighted by atomic mass is 16.6. The number of likely N-dealkylation sites (N-methyl/N-ethyl adjacent to an activating group) is 1. The number of amides is 1. The SMILES string of the molecule is CCN(Cc1ccccc1C)C(=O)C1COc2ccccc2O1. The Morgan fingerprint density at radius 3 is 2.57 bits per heavy atom. The second-order valence-corrected chi connectivity index (χ2v) is 5.64. The largest absolute Gasteiger partial charge is 0.485 e. The number of fused-ring (bicyclic) bond motifs is 1. The monoisotopic (exact) mass is 311 g/mol. The molecule has 0 saturated carbocycles. The summed E-state index contributed by atoms with van der Waals surface area (Å²) in [5.41, 5.74) is 2.34. The van der Waals surface area contributed by atoms with E-state index < -0.39 is 6.10 Å². The van der Waals surface area contributed by atoms with Crippen LogP contribution in [-0.4, -0.2) is 30.1 Å². The molecule has 23 heavy (non-hydrogen) atoms. The zero-order chi connectivity index (χ0) is 16.2. The predicted molar refractivity (Wildman–Crippen MR) is 88.6 cm³/mol. The topological polar surface area (TPSA) is 38.8 Å². The molecule has 0 aliphatic carbocycles. The lowest BCUT2D eigenvalue weighted by atomic mass is 10.1. The summed E-state index contributed by atoms with van der Waals surface area (Å²) in [7, 11) is 0. The van der Waals surface area contributed by atoms with Gasteiger partial charge in [0.2, 0.25) is 6.10 Å². The first-order chi connectivity index (χ1) is 11.2. The average molecular weight is 311 g/mol. The van der Waals surface area contributed by atoms with Gasteiger partial charge in [0.1, 0.15) is 6.61 Å². The van der Waals surface area contributed by atoms with Crippen molar-refractivity contribution in [3.8, 4) is 11.5 Å². The third-order valence-electron chi connectivity index (χ3n) is 4.10. The van der Waals surface area contributed by atoms with E-state index in [0.29, 0.717) is 24.6 Å². The van der Waals surface area contributed by atoms with Crippen LogP contribution in [0.15, 0.2) is 48.5 Å². The van der Waals surface area contributed by atoms with E-state index in [0.717, 1.165) is 5.56 Å². The zero-order valence-corrected chi connectivity index (χ0v) is 13.5. The van der Waals surface area contributed by atoms with Gasteiger partial charge < -0.3 is 14.4 Å². The third kappa shape index (κ3) is 3.31. The van der Waals surface area contributed by atoms with Crippen LogP contribution in [0.1, 0.15) is 18.1 Å². The van der Waals surface area contributed by atoms with Crippen molar-refractivity contribution in [1.82, 2.24) is 4.90 Å². The average Bonchev–Trinajstić information content (AvgIpc) is 2.60. The van der Waals surface area contributed by atoms with Crippen molar-refractivity contribution >= 4 is 5.91 Å². The fourth-order valence-corrected chi connectivity index (χ4v) is 2.68. The molecule has 1 unspecified atom stereocenters. The molecule has 4 nitrogen and oxygen atoms in total. The summed E-state index contributed by atoms with van der Waals surface area (Å²) in [6.07, 6.45) is -0.589. The number of carbonyl (C=O) groups excluding carboxylic acids is 1. The van der Waals surface area contributed by atoms with E-state index in [2.05, 4.69) is 19.1 Å². The molecule has 0 saturated heterocycles. The summed E-state index contributed by atoms with van der Waals surface area (Å²) in [5.74, 6) is 1.29. The van der Waals surface area contributed by atoms with Gasteiger partial charge in [-0.1, -0.05) is 36.4 Å². The Bertz CT molecular complexity index is 699. The molecule has 1 aliphatic rings. The van der Waals surface area contributed by atoms with E-state index in [1.165, 1.54) is 5.56 Å². The van der Waals surface area contributed by atoms with Crippen molar-refractivity contribution in [2.45, 2.75) is 26.5 Å².